The van der Waals surface area contributed by atoms with Crippen LogP contribution in [0.5, 0.6) is 0 Å². The van der Waals surface area contributed by atoms with Crippen LogP contribution in [0.1, 0.15) is 23.1 Å². The first-order valence-corrected chi connectivity index (χ1v) is 5.87. The Bertz CT molecular complexity index is 552. The van der Waals surface area contributed by atoms with E-state index in [-0.39, 0.29) is 0 Å². The number of nitrogens with zero attached hydrogens (tertiary/aromatic N) is 1. The van der Waals surface area contributed by atoms with E-state index in [0.29, 0.717) is 5.56 Å². The molecule has 2 rings (SSSR count). The molecule has 1 unspecified atom stereocenters. The Kier molecular flexibility index (Phi) is 3.75. The second kappa shape index (κ2) is 5.29. The van der Waals surface area contributed by atoms with Crippen molar-refractivity contribution in [3.05, 3.63) is 53.3 Å². The zero-order valence-corrected chi connectivity index (χ0v) is 10.8. The number of aliphatic hydroxyl groups excluding tert-OH is 1. The Hall–Kier alpha value is -1.71. The normalized spacial score (nSPS) is 12.4. The molecule has 0 spiro atoms. The minimum Gasteiger partial charge on any atom is -0.364 e. The van der Waals surface area contributed by atoms with Crippen LogP contribution in [0.3, 0.4) is 0 Å². The van der Waals surface area contributed by atoms with Crippen LogP contribution in [0.4, 0.5) is 0 Å². The second-order valence-electron chi connectivity index (χ2n) is 4.30. The molecule has 0 bridgehead atoms. The number of rotatable bonds is 3. The maximum absolute atomic E-state index is 9.70. The summed E-state index contributed by atoms with van der Waals surface area (Å²) < 4.78 is 4.91. The Balaban J connectivity index is 2.54. The largest absolute Gasteiger partial charge is 0.364 e. The quantitative estimate of drug-likeness (QED) is 0.843. The van der Waals surface area contributed by atoms with Gasteiger partial charge in [0.25, 0.3) is 0 Å². The Labute approximate surface area is 107 Å². The van der Waals surface area contributed by atoms with E-state index in [4.69, 9.17) is 4.74 Å². The monoisotopic (exact) mass is 243 g/mol. The van der Waals surface area contributed by atoms with E-state index in [0.717, 1.165) is 16.8 Å². The van der Waals surface area contributed by atoms with E-state index < -0.39 is 6.29 Å². The molecule has 1 aromatic heterocycles. The van der Waals surface area contributed by atoms with E-state index >= 15 is 0 Å². The zero-order chi connectivity index (χ0) is 13.1. The number of aliphatic hydroxyl groups is 1. The van der Waals surface area contributed by atoms with E-state index in [9.17, 15) is 5.11 Å². The molecular formula is C15H17NO2. The first kappa shape index (κ1) is 12.7. The molecule has 94 valence electrons. The van der Waals surface area contributed by atoms with Gasteiger partial charge in [0.1, 0.15) is 0 Å². The van der Waals surface area contributed by atoms with Crippen molar-refractivity contribution in [3.8, 4) is 11.1 Å². The van der Waals surface area contributed by atoms with Gasteiger partial charge in [0.15, 0.2) is 6.29 Å². The van der Waals surface area contributed by atoms with Crippen molar-refractivity contribution in [2.45, 2.75) is 20.1 Å². The summed E-state index contributed by atoms with van der Waals surface area (Å²) in [5.41, 5.74) is 4.96. The third-order valence-corrected chi connectivity index (χ3v) is 3.05. The molecule has 3 nitrogen and oxygen atoms in total. The number of aryl methyl sites for hydroxylation is 2. The van der Waals surface area contributed by atoms with Gasteiger partial charge < -0.3 is 9.84 Å². The van der Waals surface area contributed by atoms with Crippen molar-refractivity contribution in [1.29, 1.82) is 0 Å². The molecule has 18 heavy (non-hydrogen) atoms. The van der Waals surface area contributed by atoms with Gasteiger partial charge in [-0.25, -0.2) is 0 Å². The predicted octanol–water partition coefficient (Wildman–Crippen LogP) is 3.00. The molecule has 1 aromatic carbocycles. The van der Waals surface area contributed by atoms with Gasteiger partial charge in [0.05, 0.1) is 0 Å². The van der Waals surface area contributed by atoms with Gasteiger partial charge in [-0.05, 0) is 31.0 Å². The standard InChI is InChI=1S/C15H17NO2/c1-10-6-4-5-7-13(10)14-8-12(15(17)18-3)9-16-11(14)2/h4-9,15,17H,1-3H3. The van der Waals surface area contributed by atoms with Crippen LogP contribution in [-0.2, 0) is 4.74 Å². The van der Waals surface area contributed by atoms with Crippen LogP contribution in [0, 0.1) is 13.8 Å². The van der Waals surface area contributed by atoms with E-state index in [1.165, 1.54) is 12.7 Å². The molecule has 1 N–H and O–H groups in total. The number of aromatic nitrogens is 1. The van der Waals surface area contributed by atoms with Crippen LogP contribution < -0.4 is 0 Å². The third kappa shape index (κ3) is 2.42. The van der Waals surface area contributed by atoms with Gasteiger partial charge in [0, 0.05) is 30.1 Å². The molecule has 1 heterocycles. The van der Waals surface area contributed by atoms with Crippen LogP contribution >= 0.6 is 0 Å². The minimum atomic E-state index is -0.930. The average Bonchev–Trinajstić information content (AvgIpc) is 2.39. The molecule has 0 amide bonds. The number of hydrogen-bond donors (Lipinski definition) is 1. The number of pyridine rings is 1. The Morgan fingerprint density at radius 1 is 1.17 bits per heavy atom. The molecular weight excluding hydrogens is 226 g/mol. The van der Waals surface area contributed by atoms with Crippen molar-refractivity contribution in [2.75, 3.05) is 7.11 Å². The lowest BCUT2D eigenvalue weighted by Crippen LogP contribution is -2.02. The SMILES string of the molecule is COC(O)c1cnc(C)c(-c2ccccc2C)c1. The van der Waals surface area contributed by atoms with Gasteiger partial charge in [0.2, 0.25) is 0 Å². The highest BCUT2D eigenvalue weighted by Gasteiger charge is 2.11. The fourth-order valence-corrected chi connectivity index (χ4v) is 1.97. The van der Waals surface area contributed by atoms with E-state index in [1.807, 2.05) is 25.1 Å². The van der Waals surface area contributed by atoms with Gasteiger partial charge >= 0.3 is 0 Å². The highest BCUT2D eigenvalue weighted by Crippen LogP contribution is 2.27. The molecule has 0 aliphatic heterocycles. The maximum Gasteiger partial charge on any atom is 0.182 e. The number of hydrogen-bond acceptors (Lipinski definition) is 3. The van der Waals surface area contributed by atoms with Crippen molar-refractivity contribution in [3.63, 3.8) is 0 Å². The van der Waals surface area contributed by atoms with Crippen LogP contribution in [-0.4, -0.2) is 17.2 Å². The fourth-order valence-electron chi connectivity index (χ4n) is 1.97. The molecule has 0 aliphatic rings. The lowest BCUT2D eigenvalue weighted by atomic mass is 9.98. The second-order valence-corrected chi connectivity index (χ2v) is 4.30. The lowest BCUT2D eigenvalue weighted by molar-refractivity contribution is -0.0771. The Morgan fingerprint density at radius 2 is 1.89 bits per heavy atom. The van der Waals surface area contributed by atoms with Crippen molar-refractivity contribution >= 4 is 0 Å². The number of methoxy groups -OCH3 is 1. The maximum atomic E-state index is 9.70. The van der Waals surface area contributed by atoms with Crippen LogP contribution in [0.15, 0.2) is 36.5 Å². The topological polar surface area (TPSA) is 42.4 Å². The predicted molar refractivity (Wildman–Crippen MR) is 71.1 cm³/mol. The van der Waals surface area contributed by atoms with Crippen LogP contribution in [0.2, 0.25) is 0 Å². The summed E-state index contributed by atoms with van der Waals surface area (Å²) in [6, 6.07) is 10.1. The van der Waals surface area contributed by atoms with Crippen molar-refractivity contribution in [2.24, 2.45) is 0 Å². The minimum absolute atomic E-state index is 0.668. The van der Waals surface area contributed by atoms with Gasteiger partial charge in [-0.1, -0.05) is 24.3 Å². The fraction of sp³-hybridized carbons (Fsp3) is 0.267. The summed E-state index contributed by atoms with van der Waals surface area (Å²) in [5.74, 6) is 0. The first-order valence-electron chi connectivity index (χ1n) is 5.87. The van der Waals surface area contributed by atoms with Gasteiger partial charge in [-0.3, -0.25) is 4.98 Å². The molecule has 2 aromatic rings. The smallest absolute Gasteiger partial charge is 0.182 e. The molecule has 0 saturated carbocycles. The third-order valence-electron chi connectivity index (χ3n) is 3.05. The molecule has 0 aliphatic carbocycles. The molecule has 0 saturated heterocycles. The lowest BCUT2D eigenvalue weighted by Gasteiger charge is -2.13. The summed E-state index contributed by atoms with van der Waals surface area (Å²) in [5, 5.41) is 9.70. The van der Waals surface area contributed by atoms with Crippen molar-refractivity contribution < 1.29 is 9.84 Å². The molecule has 0 fully saturated rings. The highest BCUT2D eigenvalue weighted by atomic mass is 16.6. The molecule has 1 atom stereocenters. The summed E-state index contributed by atoms with van der Waals surface area (Å²) in [4.78, 5) is 4.33. The number of ether oxygens (including phenoxy) is 1. The summed E-state index contributed by atoms with van der Waals surface area (Å²) in [6.07, 6.45) is 0.714. The average molecular weight is 243 g/mol. The first-order chi connectivity index (χ1) is 8.63. The summed E-state index contributed by atoms with van der Waals surface area (Å²) in [7, 11) is 1.47. The van der Waals surface area contributed by atoms with E-state index in [2.05, 4.69) is 24.0 Å². The zero-order valence-electron chi connectivity index (χ0n) is 10.8. The van der Waals surface area contributed by atoms with Gasteiger partial charge in [-0.2, -0.15) is 0 Å². The summed E-state index contributed by atoms with van der Waals surface area (Å²) in [6.45, 7) is 4.03. The Morgan fingerprint density at radius 3 is 2.56 bits per heavy atom. The van der Waals surface area contributed by atoms with Crippen LogP contribution in [0.25, 0.3) is 11.1 Å². The molecule has 3 heteroatoms. The highest BCUT2D eigenvalue weighted by molar-refractivity contribution is 5.69. The number of benzene rings is 1. The summed E-state index contributed by atoms with van der Waals surface area (Å²) >= 11 is 0. The molecule has 0 radical (unpaired) electrons. The van der Waals surface area contributed by atoms with E-state index in [1.54, 1.807) is 6.20 Å². The van der Waals surface area contributed by atoms with Gasteiger partial charge in [-0.15, -0.1) is 0 Å². The van der Waals surface area contributed by atoms with Crippen molar-refractivity contribution in [1.82, 2.24) is 4.98 Å².